The molecule has 2 heterocycles. The summed E-state index contributed by atoms with van der Waals surface area (Å²) in [5.41, 5.74) is 3.21. The van der Waals surface area contributed by atoms with E-state index in [1.807, 2.05) is 48.5 Å². The second-order valence-electron chi connectivity index (χ2n) is 9.68. The Bertz CT molecular complexity index is 1590. The molecule has 0 spiro atoms. The number of carbonyl (C=O) groups is 4. The first-order valence-corrected chi connectivity index (χ1v) is 13.3. The summed E-state index contributed by atoms with van der Waals surface area (Å²) in [6, 6.07) is 29.3. The lowest BCUT2D eigenvalue weighted by molar-refractivity contribution is -0.121. The predicted octanol–water partition coefficient (Wildman–Crippen LogP) is 5.92. The molecule has 4 amide bonds. The van der Waals surface area contributed by atoms with Crippen molar-refractivity contribution in [3.63, 3.8) is 0 Å². The zero-order valence-corrected chi connectivity index (χ0v) is 22.3. The molecule has 0 fully saturated rings. The lowest BCUT2D eigenvalue weighted by atomic mass is 10.0. The minimum absolute atomic E-state index is 0.373. The van der Waals surface area contributed by atoms with Crippen molar-refractivity contribution in [2.45, 2.75) is 12.8 Å². The lowest BCUT2D eigenvalue weighted by Crippen LogP contribution is -2.29. The number of hydrogen-bond acceptors (Lipinski definition) is 6. The molecular weight excluding hydrogens is 532 g/mol. The Morgan fingerprint density at radius 2 is 0.786 bits per heavy atom. The van der Waals surface area contributed by atoms with Gasteiger partial charge in [-0.2, -0.15) is 0 Å². The molecule has 0 aliphatic carbocycles. The van der Waals surface area contributed by atoms with Gasteiger partial charge in [0.05, 0.1) is 11.4 Å². The van der Waals surface area contributed by atoms with E-state index in [1.165, 1.54) is 24.3 Å². The number of amides is 4. The highest BCUT2D eigenvalue weighted by molar-refractivity contribution is 6.28. The standard InChI is InChI=1S/C34H24N2O6/c37-31-17-18-32(38)35(31)25-3-1-5-29(21-25)41-27-13-9-23(10-14-27)7-8-24-11-15-28(16-12-24)42-30-6-2-4-26(22-30)36-33(39)19-20-34(36)40/h1-6,9-22H,7-8H2. The van der Waals surface area contributed by atoms with Crippen LogP contribution in [0.1, 0.15) is 11.1 Å². The molecule has 0 aromatic heterocycles. The molecule has 42 heavy (non-hydrogen) atoms. The number of nitrogens with zero attached hydrogens (tertiary/aromatic N) is 2. The molecule has 0 saturated heterocycles. The van der Waals surface area contributed by atoms with Crippen molar-refractivity contribution in [1.82, 2.24) is 0 Å². The lowest BCUT2D eigenvalue weighted by Gasteiger charge is -2.15. The highest BCUT2D eigenvalue weighted by atomic mass is 16.5. The molecule has 0 N–H and O–H groups in total. The van der Waals surface area contributed by atoms with Gasteiger partial charge in [-0.1, -0.05) is 36.4 Å². The van der Waals surface area contributed by atoms with Gasteiger partial charge >= 0.3 is 0 Å². The van der Waals surface area contributed by atoms with Gasteiger partial charge in [-0.25, -0.2) is 9.80 Å². The molecule has 0 unspecified atom stereocenters. The number of aryl methyl sites for hydroxylation is 2. The van der Waals surface area contributed by atoms with Gasteiger partial charge in [0.15, 0.2) is 0 Å². The van der Waals surface area contributed by atoms with Crippen LogP contribution in [0, 0.1) is 0 Å². The Morgan fingerprint density at radius 1 is 0.429 bits per heavy atom. The topological polar surface area (TPSA) is 93.2 Å². The quantitative estimate of drug-likeness (QED) is 0.238. The largest absolute Gasteiger partial charge is 0.457 e. The summed E-state index contributed by atoms with van der Waals surface area (Å²) in [7, 11) is 0. The van der Waals surface area contributed by atoms with Crippen LogP contribution < -0.4 is 19.3 Å². The van der Waals surface area contributed by atoms with Crippen LogP contribution in [-0.4, -0.2) is 23.6 Å². The fraction of sp³-hybridized carbons (Fsp3) is 0.0588. The zero-order chi connectivity index (χ0) is 29.1. The Labute approximate surface area is 241 Å². The van der Waals surface area contributed by atoms with Crippen LogP contribution in [0.5, 0.6) is 23.0 Å². The van der Waals surface area contributed by atoms with Crippen LogP contribution in [0.2, 0.25) is 0 Å². The minimum Gasteiger partial charge on any atom is -0.457 e. The van der Waals surface area contributed by atoms with Crippen molar-refractivity contribution in [1.29, 1.82) is 0 Å². The van der Waals surface area contributed by atoms with Gasteiger partial charge in [0.2, 0.25) is 0 Å². The molecule has 206 valence electrons. The minimum atomic E-state index is -0.373. The molecule has 0 atom stereocenters. The van der Waals surface area contributed by atoms with E-state index >= 15 is 0 Å². The second kappa shape index (κ2) is 11.4. The maximum atomic E-state index is 12.0. The highest BCUT2D eigenvalue weighted by Crippen LogP contribution is 2.29. The van der Waals surface area contributed by atoms with Crippen LogP contribution in [0.3, 0.4) is 0 Å². The van der Waals surface area contributed by atoms with Crippen molar-refractivity contribution in [2.24, 2.45) is 0 Å². The van der Waals surface area contributed by atoms with Crippen molar-refractivity contribution in [3.05, 3.63) is 132 Å². The SMILES string of the molecule is O=C1C=CC(=O)N1c1cccc(Oc2ccc(CCc3ccc(Oc4cccc(N5C(=O)C=CC5=O)c4)cc3)cc2)c1. The average Bonchev–Trinajstić information content (AvgIpc) is 3.52. The van der Waals surface area contributed by atoms with E-state index in [0.717, 1.165) is 33.8 Å². The van der Waals surface area contributed by atoms with E-state index in [0.29, 0.717) is 34.4 Å². The van der Waals surface area contributed by atoms with Gasteiger partial charge in [-0.15, -0.1) is 0 Å². The summed E-state index contributed by atoms with van der Waals surface area (Å²) in [6.07, 6.45) is 6.66. The number of imide groups is 2. The van der Waals surface area contributed by atoms with Gasteiger partial charge in [0.25, 0.3) is 23.6 Å². The van der Waals surface area contributed by atoms with Crippen LogP contribution in [0.25, 0.3) is 0 Å². The molecule has 8 heteroatoms. The summed E-state index contributed by atoms with van der Waals surface area (Å²) in [5, 5.41) is 0. The summed E-state index contributed by atoms with van der Waals surface area (Å²) in [4.78, 5) is 50.1. The number of carbonyl (C=O) groups excluding carboxylic acids is 4. The van der Waals surface area contributed by atoms with E-state index in [1.54, 1.807) is 48.5 Å². The van der Waals surface area contributed by atoms with Gasteiger partial charge < -0.3 is 9.47 Å². The van der Waals surface area contributed by atoms with Crippen LogP contribution in [0.4, 0.5) is 11.4 Å². The van der Waals surface area contributed by atoms with E-state index in [-0.39, 0.29) is 23.6 Å². The molecule has 2 aliphatic heterocycles. The number of ether oxygens (including phenoxy) is 2. The van der Waals surface area contributed by atoms with Crippen molar-refractivity contribution in [2.75, 3.05) is 9.80 Å². The summed E-state index contributed by atoms with van der Waals surface area (Å²) >= 11 is 0. The van der Waals surface area contributed by atoms with Crippen molar-refractivity contribution >= 4 is 35.0 Å². The maximum absolute atomic E-state index is 12.0. The Balaban J connectivity index is 1.03. The fourth-order valence-corrected chi connectivity index (χ4v) is 4.69. The number of benzene rings is 4. The molecule has 4 aromatic carbocycles. The zero-order valence-electron chi connectivity index (χ0n) is 22.3. The Hall–Kier alpha value is -5.76. The number of anilines is 2. The number of rotatable bonds is 9. The van der Waals surface area contributed by atoms with E-state index in [4.69, 9.17) is 9.47 Å². The first-order chi connectivity index (χ1) is 20.4. The third-order valence-electron chi connectivity index (χ3n) is 6.79. The summed E-state index contributed by atoms with van der Waals surface area (Å²) < 4.78 is 11.9. The molecule has 0 radical (unpaired) electrons. The highest BCUT2D eigenvalue weighted by Gasteiger charge is 2.26. The number of hydrogen-bond donors (Lipinski definition) is 0. The van der Waals surface area contributed by atoms with Crippen LogP contribution >= 0.6 is 0 Å². The molecule has 4 aromatic rings. The summed E-state index contributed by atoms with van der Waals surface area (Å²) in [6.45, 7) is 0. The summed E-state index contributed by atoms with van der Waals surface area (Å²) in [5.74, 6) is 0.850. The third kappa shape index (κ3) is 5.73. The van der Waals surface area contributed by atoms with Gasteiger partial charge in [0.1, 0.15) is 23.0 Å². The van der Waals surface area contributed by atoms with Crippen LogP contribution in [-0.2, 0) is 32.0 Å². The second-order valence-corrected chi connectivity index (χ2v) is 9.68. The van der Waals surface area contributed by atoms with Crippen molar-refractivity contribution < 1.29 is 28.7 Å². The molecule has 6 rings (SSSR count). The van der Waals surface area contributed by atoms with Crippen molar-refractivity contribution in [3.8, 4) is 23.0 Å². The molecule has 0 bridgehead atoms. The predicted molar refractivity (Wildman–Crippen MR) is 157 cm³/mol. The maximum Gasteiger partial charge on any atom is 0.258 e. The molecular formula is C34H24N2O6. The monoisotopic (exact) mass is 556 g/mol. The molecule has 2 aliphatic rings. The average molecular weight is 557 g/mol. The smallest absolute Gasteiger partial charge is 0.258 e. The Morgan fingerprint density at radius 3 is 1.14 bits per heavy atom. The normalized spacial score (nSPS) is 14.3. The van der Waals surface area contributed by atoms with Gasteiger partial charge in [-0.05, 0) is 72.5 Å². The van der Waals surface area contributed by atoms with Crippen LogP contribution in [0.15, 0.2) is 121 Å². The van der Waals surface area contributed by atoms with Gasteiger partial charge in [-0.3, -0.25) is 19.2 Å². The molecule has 8 nitrogen and oxygen atoms in total. The molecule has 0 saturated carbocycles. The van der Waals surface area contributed by atoms with E-state index < -0.39 is 0 Å². The van der Waals surface area contributed by atoms with Gasteiger partial charge in [0, 0.05) is 36.4 Å². The first-order valence-electron chi connectivity index (χ1n) is 13.3. The third-order valence-corrected chi connectivity index (χ3v) is 6.79. The Kier molecular flexibility index (Phi) is 7.17. The first kappa shape index (κ1) is 26.5. The van der Waals surface area contributed by atoms with E-state index in [9.17, 15) is 19.2 Å². The van der Waals surface area contributed by atoms with E-state index in [2.05, 4.69) is 0 Å². The fourth-order valence-electron chi connectivity index (χ4n) is 4.69.